The Morgan fingerprint density at radius 3 is 2.69 bits per heavy atom. The van der Waals surface area contributed by atoms with E-state index >= 15 is 0 Å². The van der Waals surface area contributed by atoms with E-state index in [1.807, 2.05) is 36.4 Å². The third-order valence-corrected chi connectivity index (χ3v) is 5.95. The molecule has 0 unspecified atom stereocenters. The zero-order valence-corrected chi connectivity index (χ0v) is 16.9. The van der Waals surface area contributed by atoms with Gasteiger partial charge in [0.1, 0.15) is 12.1 Å². The lowest BCUT2D eigenvalue weighted by atomic mass is 9.77. The fourth-order valence-electron chi connectivity index (χ4n) is 4.55. The number of hydrogen-bond donors (Lipinski definition) is 1. The summed E-state index contributed by atoms with van der Waals surface area (Å²) in [4.78, 5) is 39.4. The molecule has 0 saturated carbocycles. The summed E-state index contributed by atoms with van der Waals surface area (Å²) in [6.45, 7) is 6.33. The van der Waals surface area contributed by atoms with E-state index in [0.29, 0.717) is 11.6 Å². The van der Waals surface area contributed by atoms with Gasteiger partial charge in [-0.05, 0) is 30.5 Å². The maximum absolute atomic E-state index is 13.1. The first-order chi connectivity index (χ1) is 13.8. The van der Waals surface area contributed by atoms with Crippen LogP contribution in [0.25, 0.3) is 0 Å². The number of carbonyl (C=O) groups is 3. The van der Waals surface area contributed by atoms with Gasteiger partial charge in [-0.15, -0.1) is 0 Å². The van der Waals surface area contributed by atoms with Crippen molar-refractivity contribution in [1.82, 2.24) is 4.90 Å². The van der Waals surface area contributed by atoms with Gasteiger partial charge in [0.15, 0.2) is 0 Å². The van der Waals surface area contributed by atoms with Gasteiger partial charge in [0.05, 0.1) is 31.1 Å². The molecule has 1 aromatic carbocycles. The summed E-state index contributed by atoms with van der Waals surface area (Å²) < 4.78 is 11.0. The number of hydrogen-bond acceptors (Lipinski definition) is 5. The molecule has 2 fully saturated rings. The number of likely N-dealkylation sites (tertiary alicyclic amines) is 1. The first-order valence-corrected chi connectivity index (χ1v) is 10.1. The molecule has 3 heterocycles. The second kappa shape index (κ2) is 7.30. The van der Waals surface area contributed by atoms with E-state index in [1.54, 1.807) is 6.92 Å². The number of esters is 1. The zero-order chi connectivity index (χ0) is 20.8. The number of ether oxygens (including phenoxy) is 2. The zero-order valence-electron chi connectivity index (χ0n) is 16.9. The number of anilines is 1. The fraction of sp³-hybridized carbons (Fsp3) is 0.500. The number of benzene rings is 1. The molecular formula is C22H26N2O5. The van der Waals surface area contributed by atoms with E-state index in [-0.39, 0.29) is 31.5 Å². The summed E-state index contributed by atoms with van der Waals surface area (Å²) >= 11 is 0. The molecule has 1 spiro atoms. The molecule has 2 amide bonds. The van der Waals surface area contributed by atoms with E-state index in [9.17, 15) is 14.4 Å². The van der Waals surface area contributed by atoms with Crippen LogP contribution in [0.2, 0.25) is 0 Å². The van der Waals surface area contributed by atoms with Gasteiger partial charge < -0.3 is 19.7 Å². The smallest absolute Gasteiger partial charge is 0.325 e. The molecule has 7 nitrogen and oxygen atoms in total. The van der Waals surface area contributed by atoms with E-state index in [4.69, 9.17) is 9.47 Å². The third-order valence-electron chi connectivity index (χ3n) is 5.95. The largest absolute Gasteiger partial charge is 0.465 e. The van der Waals surface area contributed by atoms with E-state index in [0.717, 1.165) is 0 Å². The van der Waals surface area contributed by atoms with Crippen molar-refractivity contribution in [3.8, 4) is 0 Å². The van der Waals surface area contributed by atoms with Crippen LogP contribution in [0.4, 0.5) is 5.69 Å². The summed E-state index contributed by atoms with van der Waals surface area (Å²) in [6.07, 6.45) is 3.29. The minimum atomic E-state index is -0.836. The number of rotatable bonds is 6. The first-order valence-electron chi connectivity index (χ1n) is 10.1. The van der Waals surface area contributed by atoms with E-state index < -0.39 is 29.5 Å². The highest BCUT2D eigenvalue weighted by molar-refractivity contribution is 5.99. The van der Waals surface area contributed by atoms with Crippen LogP contribution >= 0.6 is 0 Å². The van der Waals surface area contributed by atoms with Crippen LogP contribution in [0.3, 0.4) is 0 Å². The number of amides is 2. The third kappa shape index (κ3) is 3.33. The van der Waals surface area contributed by atoms with Crippen molar-refractivity contribution < 1.29 is 23.9 Å². The number of carbonyl (C=O) groups excluding carboxylic acids is 3. The van der Waals surface area contributed by atoms with Gasteiger partial charge in [-0.1, -0.05) is 38.1 Å². The number of nitrogens with one attached hydrogen (secondary N) is 1. The normalized spacial score (nSPS) is 29.4. The summed E-state index contributed by atoms with van der Waals surface area (Å²) in [5, 5.41) is 2.93. The Balaban J connectivity index is 1.50. The minimum absolute atomic E-state index is 0.127. The molecule has 4 atom stereocenters. The molecule has 7 heteroatoms. The molecule has 1 aromatic rings. The molecule has 2 saturated heterocycles. The highest BCUT2D eigenvalue weighted by Crippen LogP contribution is 2.52. The van der Waals surface area contributed by atoms with Gasteiger partial charge in [-0.2, -0.15) is 0 Å². The summed E-state index contributed by atoms with van der Waals surface area (Å²) in [5.41, 5.74) is 1.04. The van der Waals surface area contributed by atoms with Gasteiger partial charge in [-0.3, -0.25) is 14.4 Å². The average Bonchev–Trinajstić information content (AvgIpc) is 3.31. The van der Waals surface area contributed by atoms with Crippen molar-refractivity contribution in [3.63, 3.8) is 0 Å². The maximum atomic E-state index is 13.1. The van der Waals surface area contributed by atoms with Crippen LogP contribution in [0.1, 0.15) is 32.3 Å². The van der Waals surface area contributed by atoms with Crippen molar-refractivity contribution in [3.05, 3.63) is 42.0 Å². The van der Waals surface area contributed by atoms with Crippen LogP contribution in [0, 0.1) is 11.8 Å². The van der Waals surface area contributed by atoms with Crippen molar-refractivity contribution in [2.45, 2.75) is 38.4 Å². The monoisotopic (exact) mass is 398 g/mol. The van der Waals surface area contributed by atoms with Crippen LogP contribution in [0.15, 0.2) is 36.4 Å². The molecule has 29 heavy (non-hydrogen) atoms. The second-order valence-electron chi connectivity index (χ2n) is 8.17. The quantitative estimate of drug-likeness (QED) is 0.586. The Bertz CT molecular complexity index is 862. The predicted molar refractivity (Wildman–Crippen MR) is 106 cm³/mol. The Morgan fingerprint density at radius 2 is 2.03 bits per heavy atom. The van der Waals surface area contributed by atoms with Crippen LogP contribution in [-0.4, -0.2) is 54.1 Å². The first kappa shape index (κ1) is 19.6. The molecular weight excluding hydrogens is 372 g/mol. The standard InChI is InChI=1S/C22H26N2O5/c1-4-28-17(25)11-24-12-22-10-9-16(29-22)18(19(22)21(24)27)20(26)23-15-7-5-14(6-8-15)13(2)3/h5-10,13,16,18-19H,4,11-12H2,1-3H3,(H,23,26)/t16-,18+,19-,22-/m1/s1. The van der Waals surface area contributed by atoms with Gasteiger partial charge in [0, 0.05) is 5.69 Å². The molecule has 1 N–H and O–H groups in total. The molecule has 0 aliphatic carbocycles. The lowest BCUT2D eigenvalue weighted by molar-refractivity contribution is -0.148. The number of fused-ring (bicyclic) bond motifs is 1. The van der Waals surface area contributed by atoms with Crippen LogP contribution in [-0.2, 0) is 23.9 Å². The maximum Gasteiger partial charge on any atom is 0.325 e. The number of nitrogens with zero attached hydrogens (tertiary/aromatic N) is 1. The van der Waals surface area contributed by atoms with Gasteiger partial charge in [0.25, 0.3) is 0 Å². The van der Waals surface area contributed by atoms with E-state index in [1.165, 1.54) is 10.5 Å². The van der Waals surface area contributed by atoms with Crippen molar-refractivity contribution in [1.29, 1.82) is 0 Å². The Kier molecular flexibility index (Phi) is 4.94. The van der Waals surface area contributed by atoms with Gasteiger partial charge in [0.2, 0.25) is 11.8 Å². The predicted octanol–water partition coefficient (Wildman–Crippen LogP) is 2.09. The minimum Gasteiger partial charge on any atom is -0.465 e. The molecule has 3 aliphatic rings. The molecule has 0 aromatic heterocycles. The average molecular weight is 398 g/mol. The summed E-state index contributed by atoms with van der Waals surface area (Å²) in [7, 11) is 0. The topological polar surface area (TPSA) is 84.9 Å². The van der Waals surface area contributed by atoms with Crippen molar-refractivity contribution in [2.24, 2.45) is 11.8 Å². The van der Waals surface area contributed by atoms with Crippen LogP contribution < -0.4 is 5.32 Å². The van der Waals surface area contributed by atoms with Crippen LogP contribution in [0.5, 0.6) is 0 Å². The van der Waals surface area contributed by atoms with Gasteiger partial charge in [-0.25, -0.2) is 0 Å². The lowest BCUT2D eigenvalue weighted by Gasteiger charge is -2.23. The molecule has 2 bridgehead atoms. The Hall–Kier alpha value is -2.67. The summed E-state index contributed by atoms with van der Waals surface area (Å²) in [6, 6.07) is 7.72. The van der Waals surface area contributed by atoms with Gasteiger partial charge >= 0.3 is 5.97 Å². The molecule has 4 rings (SSSR count). The Morgan fingerprint density at radius 1 is 1.31 bits per heavy atom. The summed E-state index contributed by atoms with van der Waals surface area (Å²) in [5.74, 6) is -1.77. The highest BCUT2D eigenvalue weighted by Gasteiger charge is 2.66. The van der Waals surface area contributed by atoms with Crippen molar-refractivity contribution >= 4 is 23.5 Å². The SMILES string of the molecule is CCOC(=O)CN1C[C@@]23C=C[C@@H](O2)[C@H](C(=O)Nc2ccc(C(C)C)cc2)[C@@H]3C1=O. The molecule has 3 aliphatic heterocycles. The fourth-order valence-corrected chi connectivity index (χ4v) is 4.55. The lowest BCUT2D eigenvalue weighted by Crippen LogP contribution is -2.41. The van der Waals surface area contributed by atoms with E-state index in [2.05, 4.69) is 19.2 Å². The molecule has 0 radical (unpaired) electrons. The highest BCUT2D eigenvalue weighted by atomic mass is 16.5. The Labute approximate surface area is 170 Å². The molecule has 154 valence electrons. The van der Waals surface area contributed by atoms with Crippen molar-refractivity contribution in [2.75, 3.05) is 25.0 Å². The second-order valence-corrected chi connectivity index (χ2v) is 8.17.